The normalized spacial score (nSPS) is 10.8. The van der Waals surface area contributed by atoms with Gasteiger partial charge in [0.05, 0.1) is 0 Å². The number of hydrogen-bond acceptors (Lipinski definition) is 3. The fourth-order valence-corrected chi connectivity index (χ4v) is 2.09. The summed E-state index contributed by atoms with van der Waals surface area (Å²) in [6.07, 6.45) is 3.51. The second kappa shape index (κ2) is 7.56. The lowest BCUT2D eigenvalue weighted by Crippen LogP contribution is -1.95. The Morgan fingerprint density at radius 1 is 0.957 bits per heavy atom. The predicted octanol–water partition coefficient (Wildman–Crippen LogP) is 5.06. The van der Waals surface area contributed by atoms with Gasteiger partial charge in [0.2, 0.25) is 0 Å². The molecule has 1 aromatic heterocycles. The van der Waals surface area contributed by atoms with Crippen molar-refractivity contribution in [2.24, 2.45) is 4.99 Å². The molecule has 0 saturated heterocycles. The molecule has 0 unspecified atom stereocenters. The summed E-state index contributed by atoms with van der Waals surface area (Å²) < 4.78 is 5.75. The molecule has 0 saturated carbocycles. The van der Waals surface area contributed by atoms with Crippen molar-refractivity contribution in [1.82, 2.24) is 4.98 Å². The number of benzene rings is 2. The van der Waals surface area contributed by atoms with E-state index >= 15 is 0 Å². The maximum absolute atomic E-state index is 5.86. The molecular weight excluding hydrogens is 308 g/mol. The van der Waals surface area contributed by atoms with E-state index in [4.69, 9.17) is 16.3 Å². The second-order valence-electron chi connectivity index (χ2n) is 4.93. The van der Waals surface area contributed by atoms with Crippen LogP contribution in [0.25, 0.3) is 0 Å². The summed E-state index contributed by atoms with van der Waals surface area (Å²) in [7, 11) is 0. The SMILES string of the molecule is Clc1ccc(COc2ccc(C=Nc3ccccn3)cc2)cc1. The highest BCUT2D eigenvalue weighted by molar-refractivity contribution is 6.30. The highest BCUT2D eigenvalue weighted by Gasteiger charge is 1.97. The fourth-order valence-electron chi connectivity index (χ4n) is 1.97. The maximum Gasteiger partial charge on any atom is 0.151 e. The highest BCUT2D eigenvalue weighted by atomic mass is 35.5. The maximum atomic E-state index is 5.86. The Balaban J connectivity index is 1.58. The average Bonchev–Trinajstić information content (AvgIpc) is 2.61. The zero-order chi connectivity index (χ0) is 15.9. The molecule has 1 heterocycles. The molecular formula is C19H15ClN2O. The summed E-state index contributed by atoms with van der Waals surface area (Å²) in [5.74, 6) is 1.51. The lowest BCUT2D eigenvalue weighted by atomic mass is 10.2. The number of halogens is 1. The molecule has 0 bridgehead atoms. The van der Waals surface area contributed by atoms with Crippen LogP contribution in [0.15, 0.2) is 77.9 Å². The van der Waals surface area contributed by atoms with Crippen molar-refractivity contribution in [2.75, 3.05) is 0 Å². The van der Waals surface area contributed by atoms with E-state index < -0.39 is 0 Å². The van der Waals surface area contributed by atoms with E-state index in [-0.39, 0.29) is 0 Å². The third-order valence-corrected chi connectivity index (χ3v) is 3.45. The van der Waals surface area contributed by atoms with E-state index in [0.717, 1.165) is 21.9 Å². The van der Waals surface area contributed by atoms with Gasteiger partial charge in [0, 0.05) is 17.4 Å². The number of hydrogen-bond donors (Lipinski definition) is 0. The number of nitrogens with zero attached hydrogens (tertiary/aromatic N) is 2. The Labute approximate surface area is 140 Å². The van der Waals surface area contributed by atoms with Gasteiger partial charge in [0.1, 0.15) is 12.4 Å². The first-order valence-electron chi connectivity index (χ1n) is 7.22. The van der Waals surface area contributed by atoms with Crippen molar-refractivity contribution in [3.05, 3.63) is 89.1 Å². The third kappa shape index (κ3) is 4.66. The van der Waals surface area contributed by atoms with Crippen molar-refractivity contribution in [2.45, 2.75) is 6.61 Å². The van der Waals surface area contributed by atoms with Crippen LogP contribution < -0.4 is 4.74 Å². The summed E-state index contributed by atoms with van der Waals surface area (Å²) in [6.45, 7) is 0.512. The first-order chi connectivity index (χ1) is 11.3. The molecule has 3 rings (SSSR count). The van der Waals surface area contributed by atoms with Crippen molar-refractivity contribution in [3.63, 3.8) is 0 Å². The summed E-state index contributed by atoms with van der Waals surface area (Å²) in [6, 6.07) is 21.0. The van der Waals surface area contributed by atoms with E-state index in [1.54, 1.807) is 12.4 Å². The quantitative estimate of drug-likeness (QED) is 0.615. The minimum atomic E-state index is 0.512. The molecule has 4 heteroatoms. The summed E-state index contributed by atoms with van der Waals surface area (Å²) >= 11 is 5.86. The summed E-state index contributed by atoms with van der Waals surface area (Å²) in [5, 5.41) is 0.727. The highest BCUT2D eigenvalue weighted by Crippen LogP contribution is 2.15. The summed E-state index contributed by atoms with van der Waals surface area (Å²) in [4.78, 5) is 8.47. The molecule has 0 fully saturated rings. The van der Waals surface area contributed by atoms with Crippen LogP contribution in [0.3, 0.4) is 0 Å². The molecule has 0 amide bonds. The molecule has 0 spiro atoms. The van der Waals surface area contributed by atoms with Gasteiger partial charge in [0.25, 0.3) is 0 Å². The van der Waals surface area contributed by atoms with Crippen LogP contribution in [0.4, 0.5) is 5.82 Å². The number of pyridine rings is 1. The van der Waals surface area contributed by atoms with Gasteiger partial charge < -0.3 is 4.74 Å². The Bertz CT molecular complexity index is 769. The van der Waals surface area contributed by atoms with Crippen LogP contribution in [0, 0.1) is 0 Å². The molecule has 0 N–H and O–H groups in total. The first-order valence-corrected chi connectivity index (χ1v) is 7.60. The van der Waals surface area contributed by atoms with Gasteiger partial charge in [-0.25, -0.2) is 9.98 Å². The van der Waals surface area contributed by atoms with Crippen molar-refractivity contribution in [1.29, 1.82) is 0 Å². The lowest BCUT2D eigenvalue weighted by molar-refractivity contribution is 0.306. The van der Waals surface area contributed by atoms with E-state index in [1.807, 2.05) is 66.7 Å². The van der Waals surface area contributed by atoms with Gasteiger partial charge in [-0.15, -0.1) is 0 Å². The molecule has 23 heavy (non-hydrogen) atoms. The standard InChI is InChI=1S/C19H15ClN2O/c20-17-8-4-16(5-9-17)14-23-18-10-6-15(7-11-18)13-22-19-3-1-2-12-21-19/h1-13H,14H2. The number of aromatic nitrogens is 1. The summed E-state index contributed by atoms with van der Waals surface area (Å²) in [5.41, 5.74) is 2.07. The fraction of sp³-hybridized carbons (Fsp3) is 0.0526. The molecule has 0 aliphatic rings. The van der Waals surface area contributed by atoms with Gasteiger partial charge in [-0.3, -0.25) is 0 Å². The smallest absolute Gasteiger partial charge is 0.151 e. The monoisotopic (exact) mass is 322 g/mol. The number of aliphatic imine (C=N–C) groups is 1. The number of ether oxygens (including phenoxy) is 1. The third-order valence-electron chi connectivity index (χ3n) is 3.19. The Kier molecular flexibility index (Phi) is 5.02. The predicted molar refractivity (Wildman–Crippen MR) is 93.7 cm³/mol. The number of rotatable bonds is 5. The largest absolute Gasteiger partial charge is 0.489 e. The van der Waals surface area contributed by atoms with Crippen LogP contribution in [-0.2, 0) is 6.61 Å². The topological polar surface area (TPSA) is 34.5 Å². The molecule has 0 aliphatic carbocycles. The molecule has 3 nitrogen and oxygen atoms in total. The van der Waals surface area contributed by atoms with Crippen molar-refractivity contribution >= 4 is 23.6 Å². The van der Waals surface area contributed by atoms with Gasteiger partial charge in [-0.1, -0.05) is 29.8 Å². The molecule has 2 aromatic carbocycles. The van der Waals surface area contributed by atoms with Gasteiger partial charge in [-0.05, 0) is 59.7 Å². The molecule has 0 aliphatic heterocycles. The van der Waals surface area contributed by atoms with Gasteiger partial charge in [0.15, 0.2) is 5.82 Å². The van der Waals surface area contributed by atoms with Crippen LogP contribution in [-0.4, -0.2) is 11.2 Å². The van der Waals surface area contributed by atoms with Crippen molar-refractivity contribution in [3.8, 4) is 5.75 Å². The second-order valence-corrected chi connectivity index (χ2v) is 5.37. The van der Waals surface area contributed by atoms with E-state index in [0.29, 0.717) is 12.4 Å². The average molecular weight is 323 g/mol. The zero-order valence-electron chi connectivity index (χ0n) is 12.4. The molecule has 0 radical (unpaired) electrons. The minimum Gasteiger partial charge on any atom is -0.489 e. The zero-order valence-corrected chi connectivity index (χ0v) is 13.1. The van der Waals surface area contributed by atoms with Gasteiger partial charge in [-0.2, -0.15) is 0 Å². The molecule has 3 aromatic rings. The van der Waals surface area contributed by atoms with E-state index in [1.165, 1.54) is 0 Å². The van der Waals surface area contributed by atoms with Crippen LogP contribution in [0.1, 0.15) is 11.1 Å². The van der Waals surface area contributed by atoms with E-state index in [9.17, 15) is 0 Å². The minimum absolute atomic E-state index is 0.512. The van der Waals surface area contributed by atoms with E-state index in [2.05, 4.69) is 9.98 Å². The van der Waals surface area contributed by atoms with Crippen LogP contribution in [0.2, 0.25) is 5.02 Å². The lowest BCUT2D eigenvalue weighted by Gasteiger charge is -2.06. The molecule has 114 valence electrons. The first kappa shape index (κ1) is 15.3. The van der Waals surface area contributed by atoms with Crippen molar-refractivity contribution < 1.29 is 4.74 Å². The van der Waals surface area contributed by atoms with Crippen LogP contribution >= 0.6 is 11.6 Å². The Hall–Kier alpha value is -2.65. The Morgan fingerprint density at radius 3 is 2.43 bits per heavy atom. The molecule has 0 atom stereocenters. The Morgan fingerprint density at radius 2 is 1.74 bits per heavy atom. The van der Waals surface area contributed by atoms with Gasteiger partial charge >= 0.3 is 0 Å². The van der Waals surface area contributed by atoms with Crippen LogP contribution in [0.5, 0.6) is 5.75 Å².